The Bertz CT molecular complexity index is 866. The second-order valence-electron chi connectivity index (χ2n) is 7.04. The van der Waals surface area contributed by atoms with E-state index in [4.69, 9.17) is 4.74 Å². The average molecular weight is 359 g/mol. The van der Waals surface area contributed by atoms with Gasteiger partial charge in [-0.2, -0.15) is 0 Å². The lowest BCUT2D eigenvalue weighted by atomic mass is 10.0. The molecule has 2 rings (SSSR count). The number of benzene rings is 1. The molecule has 0 aliphatic rings. The van der Waals surface area contributed by atoms with Crippen LogP contribution >= 0.6 is 0 Å². The van der Waals surface area contributed by atoms with E-state index >= 15 is 0 Å². The summed E-state index contributed by atoms with van der Waals surface area (Å²) in [6, 6.07) is 5.37. The van der Waals surface area contributed by atoms with E-state index in [2.05, 4.69) is 0 Å². The maximum Gasteiger partial charge on any atom is 0.331 e. The van der Waals surface area contributed by atoms with Crippen molar-refractivity contribution in [1.82, 2.24) is 4.57 Å². The summed E-state index contributed by atoms with van der Waals surface area (Å²) in [7, 11) is 0. The zero-order valence-electron chi connectivity index (χ0n) is 15.3. The SMILES string of the molecule is CC(C)COC(=O)C(C)(C)n1cc(C=O)c(=O)c(-c2ccc(F)cc2)c1. The Balaban J connectivity index is 2.54. The van der Waals surface area contributed by atoms with Crippen molar-refractivity contribution in [3.05, 3.63) is 58.3 Å². The molecule has 0 aliphatic heterocycles. The Labute approximate surface area is 151 Å². The van der Waals surface area contributed by atoms with E-state index in [-0.39, 0.29) is 23.7 Å². The summed E-state index contributed by atoms with van der Waals surface area (Å²) < 4.78 is 20.0. The van der Waals surface area contributed by atoms with Crippen LogP contribution in [0.1, 0.15) is 38.1 Å². The van der Waals surface area contributed by atoms with Gasteiger partial charge in [0.1, 0.15) is 11.4 Å². The number of aldehydes is 1. The molecule has 1 heterocycles. The molecule has 0 amide bonds. The lowest BCUT2D eigenvalue weighted by molar-refractivity contribution is -0.153. The molecule has 5 nitrogen and oxygen atoms in total. The summed E-state index contributed by atoms with van der Waals surface area (Å²) in [6.07, 6.45) is 3.26. The van der Waals surface area contributed by atoms with Crippen molar-refractivity contribution in [2.24, 2.45) is 5.92 Å². The summed E-state index contributed by atoms with van der Waals surface area (Å²) in [4.78, 5) is 36.3. The molecule has 0 unspecified atom stereocenters. The standard InChI is InChI=1S/C20H22FNO4/c1-13(2)12-26-19(25)20(3,4)22-9-15(11-23)18(24)17(10-22)14-5-7-16(21)8-6-14/h5-11,13H,12H2,1-4H3. The molecular formula is C20H22FNO4. The van der Waals surface area contributed by atoms with Gasteiger partial charge in [0.15, 0.2) is 11.7 Å². The number of aromatic nitrogens is 1. The first-order valence-electron chi connectivity index (χ1n) is 8.32. The number of hydrogen-bond donors (Lipinski definition) is 0. The topological polar surface area (TPSA) is 65.4 Å². The predicted octanol–water partition coefficient (Wildman–Crippen LogP) is 3.40. The zero-order chi connectivity index (χ0) is 19.5. The molecule has 1 aromatic carbocycles. The fourth-order valence-corrected chi connectivity index (χ4v) is 2.37. The van der Waals surface area contributed by atoms with Crippen molar-refractivity contribution >= 4 is 12.3 Å². The van der Waals surface area contributed by atoms with Crippen LogP contribution in [0.3, 0.4) is 0 Å². The van der Waals surface area contributed by atoms with Crippen molar-refractivity contribution in [1.29, 1.82) is 0 Å². The third-order valence-corrected chi connectivity index (χ3v) is 4.03. The minimum Gasteiger partial charge on any atom is -0.464 e. The van der Waals surface area contributed by atoms with Crippen LogP contribution in [0, 0.1) is 11.7 Å². The Hall–Kier alpha value is -2.76. The van der Waals surface area contributed by atoms with Crippen LogP contribution in [-0.2, 0) is 15.1 Å². The molecule has 0 atom stereocenters. The lowest BCUT2D eigenvalue weighted by Crippen LogP contribution is -2.39. The van der Waals surface area contributed by atoms with Gasteiger partial charge < -0.3 is 9.30 Å². The number of pyridine rings is 1. The summed E-state index contributed by atoms with van der Waals surface area (Å²) in [5, 5.41) is 0. The highest BCUT2D eigenvalue weighted by atomic mass is 19.1. The first-order valence-corrected chi connectivity index (χ1v) is 8.32. The Morgan fingerprint density at radius 3 is 2.38 bits per heavy atom. The minimum absolute atomic E-state index is 0.0865. The molecule has 0 bridgehead atoms. The third kappa shape index (κ3) is 4.07. The van der Waals surface area contributed by atoms with Gasteiger partial charge in [-0.15, -0.1) is 0 Å². The van der Waals surface area contributed by atoms with Crippen LogP contribution in [0.15, 0.2) is 41.5 Å². The molecule has 0 fully saturated rings. The molecular weight excluding hydrogens is 337 g/mol. The molecule has 0 aliphatic carbocycles. The Kier molecular flexibility index (Phi) is 5.75. The number of halogens is 1. The minimum atomic E-state index is -1.13. The van der Waals surface area contributed by atoms with E-state index in [9.17, 15) is 18.8 Å². The largest absolute Gasteiger partial charge is 0.464 e. The van der Waals surface area contributed by atoms with Gasteiger partial charge in [0.2, 0.25) is 0 Å². The van der Waals surface area contributed by atoms with Crippen molar-refractivity contribution in [3.8, 4) is 11.1 Å². The van der Waals surface area contributed by atoms with Crippen molar-refractivity contribution < 1.29 is 18.7 Å². The highest BCUT2D eigenvalue weighted by Crippen LogP contribution is 2.22. The number of carbonyl (C=O) groups excluding carboxylic acids is 2. The summed E-state index contributed by atoms with van der Waals surface area (Å²) >= 11 is 0. The summed E-state index contributed by atoms with van der Waals surface area (Å²) in [5.41, 5.74) is -1.03. The number of ether oxygens (including phenoxy) is 1. The highest BCUT2D eigenvalue weighted by molar-refractivity contribution is 5.81. The van der Waals surface area contributed by atoms with Crippen LogP contribution in [0.4, 0.5) is 4.39 Å². The Morgan fingerprint density at radius 2 is 1.85 bits per heavy atom. The van der Waals surface area contributed by atoms with Crippen molar-refractivity contribution in [2.75, 3.05) is 6.61 Å². The molecule has 0 saturated heterocycles. The van der Waals surface area contributed by atoms with Gasteiger partial charge in [-0.25, -0.2) is 9.18 Å². The van der Waals surface area contributed by atoms with Crippen LogP contribution in [0.25, 0.3) is 11.1 Å². The van der Waals surface area contributed by atoms with Crippen LogP contribution in [0.5, 0.6) is 0 Å². The summed E-state index contributed by atoms with van der Waals surface area (Å²) in [5.74, 6) is -0.723. The Morgan fingerprint density at radius 1 is 1.23 bits per heavy atom. The van der Waals surface area contributed by atoms with Gasteiger partial charge in [0.05, 0.1) is 12.2 Å². The molecule has 1 aromatic heterocycles. The monoisotopic (exact) mass is 359 g/mol. The average Bonchev–Trinajstić information content (AvgIpc) is 2.60. The molecule has 6 heteroatoms. The quantitative estimate of drug-likeness (QED) is 0.586. The molecule has 138 valence electrons. The second-order valence-corrected chi connectivity index (χ2v) is 7.04. The maximum atomic E-state index is 13.2. The number of esters is 1. The van der Waals surface area contributed by atoms with Crippen LogP contribution in [-0.4, -0.2) is 23.4 Å². The number of hydrogen-bond acceptors (Lipinski definition) is 4. The number of nitrogens with zero attached hydrogens (tertiary/aromatic N) is 1. The molecule has 0 spiro atoms. The first kappa shape index (κ1) is 19.6. The van der Waals surface area contributed by atoms with Crippen molar-refractivity contribution in [3.63, 3.8) is 0 Å². The van der Waals surface area contributed by atoms with Gasteiger partial charge in [-0.3, -0.25) is 9.59 Å². The smallest absolute Gasteiger partial charge is 0.331 e. The number of rotatable bonds is 6. The molecule has 0 N–H and O–H groups in total. The van der Waals surface area contributed by atoms with Crippen molar-refractivity contribution in [2.45, 2.75) is 33.2 Å². The van der Waals surface area contributed by atoms with E-state index in [0.29, 0.717) is 11.8 Å². The number of carbonyl (C=O) groups is 2. The van der Waals surface area contributed by atoms with Gasteiger partial charge in [-0.1, -0.05) is 26.0 Å². The van der Waals surface area contributed by atoms with Gasteiger partial charge in [-0.05, 0) is 37.5 Å². The molecule has 2 aromatic rings. The normalized spacial score (nSPS) is 11.5. The van der Waals surface area contributed by atoms with E-state index in [1.807, 2.05) is 13.8 Å². The van der Waals surface area contributed by atoms with E-state index < -0.39 is 22.8 Å². The molecule has 0 saturated carbocycles. The fourth-order valence-electron chi connectivity index (χ4n) is 2.37. The second kappa shape index (κ2) is 7.64. The maximum absolute atomic E-state index is 13.2. The first-order chi connectivity index (χ1) is 12.2. The zero-order valence-corrected chi connectivity index (χ0v) is 15.3. The van der Waals surface area contributed by atoms with Crippen LogP contribution in [0.2, 0.25) is 0 Å². The molecule has 26 heavy (non-hydrogen) atoms. The lowest BCUT2D eigenvalue weighted by Gasteiger charge is -2.27. The fraction of sp³-hybridized carbons (Fsp3) is 0.350. The van der Waals surface area contributed by atoms with E-state index in [1.165, 1.54) is 41.2 Å². The highest BCUT2D eigenvalue weighted by Gasteiger charge is 2.32. The summed E-state index contributed by atoms with van der Waals surface area (Å²) in [6.45, 7) is 7.41. The predicted molar refractivity (Wildman–Crippen MR) is 96.6 cm³/mol. The van der Waals surface area contributed by atoms with Crippen LogP contribution < -0.4 is 5.43 Å². The van der Waals surface area contributed by atoms with E-state index in [1.54, 1.807) is 13.8 Å². The molecule has 0 radical (unpaired) electrons. The third-order valence-electron chi connectivity index (χ3n) is 4.03. The van der Waals surface area contributed by atoms with E-state index in [0.717, 1.165) is 0 Å². The van der Waals surface area contributed by atoms with Gasteiger partial charge >= 0.3 is 5.97 Å². The van der Waals surface area contributed by atoms with Gasteiger partial charge in [0, 0.05) is 18.0 Å². The van der Waals surface area contributed by atoms with Gasteiger partial charge in [0.25, 0.3) is 0 Å².